The number of benzene rings is 1. The molecule has 0 bridgehead atoms. The topological polar surface area (TPSA) is 84.7 Å². The largest absolute Gasteiger partial charge is 0.376 e. The second-order valence-electron chi connectivity index (χ2n) is 6.32. The predicted octanol–water partition coefficient (Wildman–Crippen LogP) is 1.36. The van der Waals surface area contributed by atoms with Gasteiger partial charge in [0, 0.05) is 25.7 Å². The molecule has 1 saturated heterocycles. The van der Waals surface area contributed by atoms with Gasteiger partial charge in [0.1, 0.15) is 0 Å². The molecule has 0 aliphatic carbocycles. The van der Waals surface area contributed by atoms with Gasteiger partial charge in [0.25, 0.3) is 10.2 Å². The van der Waals surface area contributed by atoms with Crippen LogP contribution in [0.15, 0.2) is 24.3 Å². The molecule has 2 atom stereocenters. The lowest BCUT2D eigenvalue weighted by Crippen LogP contribution is -2.50. The molecule has 0 spiro atoms. The Morgan fingerprint density at radius 2 is 1.91 bits per heavy atom. The highest BCUT2D eigenvalue weighted by Crippen LogP contribution is 2.18. The van der Waals surface area contributed by atoms with Crippen LogP contribution in [0, 0.1) is 0 Å². The van der Waals surface area contributed by atoms with Gasteiger partial charge in [-0.1, -0.05) is 38.1 Å². The third-order valence-corrected chi connectivity index (χ3v) is 5.60. The van der Waals surface area contributed by atoms with Crippen molar-refractivity contribution in [3.8, 4) is 0 Å². The highest BCUT2D eigenvalue weighted by atomic mass is 32.2. The van der Waals surface area contributed by atoms with Gasteiger partial charge in [-0.2, -0.15) is 12.7 Å². The average Bonchev–Trinajstić information content (AvgIpc) is 2.53. The summed E-state index contributed by atoms with van der Waals surface area (Å²) in [5.74, 6) is 0.460. The number of ether oxygens (including phenoxy) is 1. The molecule has 6 nitrogen and oxygen atoms in total. The molecular weight excluding hydrogens is 314 g/mol. The van der Waals surface area contributed by atoms with Crippen LogP contribution >= 0.6 is 0 Å². The van der Waals surface area contributed by atoms with Crippen LogP contribution in [0.25, 0.3) is 0 Å². The van der Waals surface area contributed by atoms with E-state index in [2.05, 4.69) is 18.6 Å². The van der Waals surface area contributed by atoms with Crippen LogP contribution < -0.4 is 10.5 Å². The Hall–Kier alpha value is -0.990. The lowest BCUT2D eigenvalue weighted by molar-refractivity contribution is 0.00977. The fourth-order valence-corrected chi connectivity index (χ4v) is 3.83. The van der Waals surface area contributed by atoms with Crippen LogP contribution in [0.2, 0.25) is 0 Å². The minimum atomic E-state index is -3.52. The van der Waals surface area contributed by atoms with Gasteiger partial charge in [-0.05, 0) is 24.0 Å². The average molecular weight is 341 g/mol. The number of morpholine rings is 1. The van der Waals surface area contributed by atoms with Crippen molar-refractivity contribution in [2.24, 2.45) is 5.73 Å². The first-order valence-corrected chi connectivity index (χ1v) is 9.45. The molecule has 7 heteroatoms. The molecule has 1 aromatic carbocycles. The van der Waals surface area contributed by atoms with Crippen molar-refractivity contribution >= 4 is 10.2 Å². The predicted molar refractivity (Wildman–Crippen MR) is 91.4 cm³/mol. The molecular formula is C16H27N3O3S. The summed E-state index contributed by atoms with van der Waals surface area (Å²) in [6.07, 6.45) is -0.0856. The molecule has 130 valence electrons. The fraction of sp³-hybridized carbons (Fsp3) is 0.625. The standard InChI is InChI=1S/C16H27N3O3S/c1-12(2)14-4-6-15(7-5-14)16(17)10-18-23(20,21)19-8-9-22-13(3)11-19/h4-7,12-13,16,18H,8-11,17H2,1-3H3. The van der Waals surface area contributed by atoms with Crippen molar-refractivity contribution in [3.05, 3.63) is 35.4 Å². The molecule has 1 heterocycles. The molecule has 1 aliphatic heterocycles. The fourth-order valence-electron chi connectivity index (χ4n) is 2.54. The van der Waals surface area contributed by atoms with Gasteiger partial charge in [0.2, 0.25) is 0 Å². The quantitative estimate of drug-likeness (QED) is 0.818. The lowest BCUT2D eigenvalue weighted by atomic mass is 9.99. The van der Waals surface area contributed by atoms with Crippen molar-refractivity contribution in [2.75, 3.05) is 26.2 Å². The summed E-state index contributed by atoms with van der Waals surface area (Å²) >= 11 is 0. The Labute approximate surface area is 139 Å². The Balaban J connectivity index is 1.93. The van der Waals surface area contributed by atoms with Gasteiger partial charge in [0.05, 0.1) is 12.7 Å². The number of nitrogens with one attached hydrogen (secondary N) is 1. The summed E-state index contributed by atoms with van der Waals surface area (Å²) in [6, 6.07) is 7.64. The molecule has 0 radical (unpaired) electrons. The van der Waals surface area contributed by atoms with Crippen molar-refractivity contribution in [1.29, 1.82) is 0 Å². The summed E-state index contributed by atoms with van der Waals surface area (Å²) in [5, 5.41) is 0. The summed E-state index contributed by atoms with van der Waals surface area (Å²) < 4.78 is 34.0. The maximum absolute atomic E-state index is 12.3. The smallest absolute Gasteiger partial charge is 0.279 e. The van der Waals surface area contributed by atoms with E-state index in [4.69, 9.17) is 10.5 Å². The Morgan fingerprint density at radius 1 is 1.30 bits per heavy atom. The normalized spacial score (nSPS) is 21.5. The zero-order valence-corrected chi connectivity index (χ0v) is 14.8. The first-order valence-electron chi connectivity index (χ1n) is 8.01. The zero-order chi connectivity index (χ0) is 17.0. The van der Waals surface area contributed by atoms with Gasteiger partial charge < -0.3 is 10.5 Å². The van der Waals surface area contributed by atoms with Crippen LogP contribution in [0.4, 0.5) is 0 Å². The van der Waals surface area contributed by atoms with E-state index in [9.17, 15) is 8.42 Å². The second kappa shape index (κ2) is 7.72. The van der Waals surface area contributed by atoms with Crippen molar-refractivity contribution in [3.63, 3.8) is 0 Å². The van der Waals surface area contributed by atoms with Gasteiger partial charge in [-0.15, -0.1) is 0 Å². The Bertz CT molecular complexity index is 602. The zero-order valence-electron chi connectivity index (χ0n) is 14.0. The van der Waals surface area contributed by atoms with Crippen LogP contribution in [-0.2, 0) is 14.9 Å². The summed E-state index contributed by atoms with van der Waals surface area (Å²) in [7, 11) is -3.52. The van der Waals surface area contributed by atoms with Crippen molar-refractivity contribution in [1.82, 2.24) is 9.03 Å². The molecule has 1 aromatic rings. The summed E-state index contributed by atoms with van der Waals surface area (Å²) in [4.78, 5) is 0. The monoisotopic (exact) mass is 341 g/mol. The molecule has 23 heavy (non-hydrogen) atoms. The Morgan fingerprint density at radius 3 is 2.48 bits per heavy atom. The third-order valence-electron chi connectivity index (χ3n) is 4.06. The van der Waals surface area contributed by atoms with E-state index in [-0.39, 0.29) is 18.7 Å². The van der Waals surface area contributed by atoms with Crippen LogP contribution in [0.3, 0.4) is 0 Å². The van der Waals surface area contributed by atoms with E-state index in [0.717, 1.165) is 5.56 Å². The van der Waals surface area contributed by atoms with Gasteiger partial charge in [-0.3, -0.25) is 0 Å². The lowest BCUT2D eigenvalue weighted by Gasteiger charge is -2.30. The van der Waals surface area contributed by atoms with E-state index in [1.807, 2.05) is 31.2 Å². The van der Waals surface area contributed by atoms with E-state index in [0.29, 0.717) is 25.6 Å². The molecule has 0 amide bonds. The van der Waals surface area contributed by atoms with E-state index >= 15 is 0 Å². The van der Waals surface area contributed by atoms with Gasteiger partial charge in [-0.25, -0.2) is 4.72 Å². The van der Waals surface area contributed by atoms with E-state index < -0.39 is 10.2 Å². The third kappa shape index (κ3) is 4.99. The number of hydrogen-bond acceptors (Lipinski definition) is 4. The first kappa shape index (κ1) is 18.4. The van der Waals surface area contributed by atoms with Gasteiger partial charge in [0.15, 0.2) is 0 Å². The number of nitrogens with two attached hydrogens (primary N) is 1. The SMILES string of the molecule is CC1CN(S(=O)(=O)NCC(N)c2ccc(C(C)C)cc2)CCO1. The maximum atomic E-state index is 12.3. The highest BCUT2D eigenvalue weighted by Gasteiger charge is 2.27. The molecule has 3 N–H and O–H groups in total. The Kier molecular flexibility index (Phi) is 6.16. The number of nitrogens with zero attached hydrogens (tertiary/aromatic N) is 1. The first-order chi connectivity index (χ1) is 10.8. The van der Waals surface area contributed by atoms with E-state index in [1.165, 1.54) is 9.87 Å². The molecule has 0 saturated carbocycles. The van der Waals surface area contributed by atoms with E-state index in [1.54, 1.807) is 0 Å². The molecule has 2 unspecified atom stereocenters. The van der Waals surface area contributed by atoms with Crippen LogP contribution in [0.1, 0.15) is 43.9 Å². The van der Waals surface area contributed by atoms with Crippen molar-refractivity contribution < 1.29 is 13.2 Å². The number of rotatable bonds is 6. The van der Waals surface area contributed by atoms with Crippen LogP contribution in [-0.4, -0.2) is 45.1 Å². The van der Waals surface area contributed by atoms with Crippen LogP contribution in [0.5, 0.6) is 0 Å². The molecule has 2 rings (SSSR count). The molecule has 0 aromatic heterocycles. The maximum Gasteiger partial charge on any atom is 0.279 e. The molecule has 1 fully saturated rings. The molecule has 1 aliphatic rings. The van der Waals surface area contributed by atoms with Gasteiger partial charge >= 0.3 is 0 Å². The second-order valence-corrected chi connectivity index (χ2v) is 8.08. The minimum absolute atomic E-state index is 0.0856. The van der Waals surface area contributed by atoms with Crippen molar-refractivity contribution in [2.45, 2.75) is 38.8 Å². The number of hydrogen-bond donors (Lipinski definition) is 2. The highest BCUT2D eigenvalue weighted by molar-refractivity contribution is 7.87. The summed E-state index contributed by atoms with van der Waals surface area (Å²) in [5.41, 5.74) is 8.28. The minimum Gasteiger partial charge on any atom is -0.376 e. The summed E-state index contributed by atoms with van der Waals surface area (Å²) in [6.45, 7) is 7.47.